The second kappa shape index (κ2) is 10.7. The van der Waals surface area contributed by atoms with Gasteiger partial charge in [0.1, 0.15) is 16.9 Å². The molecule has 39 heavy (non-hydrogen) atoms. The molecule has 6 rings (SSSR count). The third-order valence-corrected chi connectivity index (χ3v) is 7.33. The smallest absolute Gasteiger partial charge is 0.261 e. The molecule has 0 saturated carbocycles. The molecule has 11 heteroatoms. The molecule has 1 saturated heterocycles. The van der Waals surface area contributed by atoms with Gasteiger partial charge in [0.25, 0.3) is 5.56 Å². The van der Waals surface area contributed by atoms with Gasteiger partial charge in [-0.15, -0.1) is 0 Å². The van der Waals surface area contributed by atoms with Crippen molar-refractivity contribution < 1.29 is 0 Å². The van der Waals surface area contributed by atoms with E-state index in [4.69, 9.17) is 10.1 Å². The molecule has 1 fully saturated rings. The Morgan fingerprint density at radius 1 is 1.00 bits per heavy atom. The number of H-pyrrole nitrogens is 2. The Labute approximate surface area is 233 Å². The van der Waals surface area contributed by atoms with Crippen molar-refractivity contribution in [1.29, 1.82) is 0 Å². The number of pyridine rings is 2. The minimum Gasteiger partial charge on any atom is -0.374 e. The van der Waals surface area contributed by atoms with E-state index >= 15 is 0 Å². The third-order valence-electron chi connectivity index (χ3n) is 7.33. The fraction of sp³-hybridized carbons (Fsp3) is 0.357. The zero-order chi connectivity index (χ0) is 26.4. The van der Waals surface area contributed by atoms with Crippen LogP contribution in [0.4, 0.5) is 11.4 Å². The summed E-state index contributed by atoms with van der Waals surface area (Å²) in [5.41, 5.74) is 5.98. The van der Waals surface area contributed by atoms with E-state index in [9.17, 15) is 4.79 Å². The van der Waals surface area contributed by atoms with Gasteiger partial charge in [0.05, 0.1) is 34.0 Å². The molecule has 0 bridgehead atoms. The van der Waals surface area contributed by atoms with E-state index in [1.165, 1.54) is 0 Å². The lowest BCUT2D eigenvalue weighted by Crippen LogP contribution is -2.44. The number of nitrogens with one attached hydrogen (secondary N) is 3. The monoisotopic (exact) mass is 545 g/mol. The van der Waals surface area contributed by atoms with Crippen molar-refractivity contribution in [3.8, 4) is 11.4 Å². The summed E-state index contributed by atoms with van der Waals surface area (Å²) in [6, 6.07) is 12.0. The predicted octanol–water partition coefficient (Wildman–Crippen LogP) is 3.87. The maximum atomic E-state index is 13.6. The Hall–Kier alpha value is -3.83. The molecule has 1 aliphatic rings. The van der Waals surface area contributed by atoms with Crippen LogP contribution in [-0.2, 0) is 7.05 Å². The Kier molecular flexibility index (Phi) is 7.37. The summed E-state index contributed by atoms with van der Waals surface area (Å²) in [7, 11) is 4.00. The van der Waals surface area contributed by atoms with Gasteiger partial charge in [-0.05, 0) is 43.3 Å². The Morgan fingerprint density at radius 2 is 1.79 bits per heavy atom. The highest BCUT2D eigenvalue weighted by Gasteiger charge is 2.25. The minimum atomic E-state index is -0.227. The van der Waals surface area contributed by atoms with Gasteiger partial charge < -0.3 is 25.1 Å². The van der Waals surface area contributed by atoms with Crippen LogP contribution in [0.25, 0.3) is 33.5 Å². The standard InChI is InChI=1S/C28H33N9O.H2S/c1-17(2)24(20-7-5-6-10-29-20)33-26-23(28(38)32-22-16-36(4)34-25(22)26)27-30-19-9-8-18(15-21(19)31-27)37-13-11-35(3)12-14-37;/h5-10,15-17,24,33H,11-14H2,1-4H3,(H,30,31)(H,32,38);1H2/t24-;/m0./s1. The van der Waals surface area contributed by atoms with Crippen molar-refractivity contribution in [3.63, 3.8) is 0 Å². The highest BCUT2D eigenvalue weighted by Crippen LogP contribution is 2.35. The van der Waals surface area contributed by atoms with Crippen LogP contribution >= 0.6 is 13.5 Å². The summed E-state index contributed by atoms with van der Waals surface area (Å²) in [5.74, 6) is 0.716. The van der Waals surface area contributed by atoms with Crippen molar-refractivity contribution in [1.82, 2.24) is 34.6 Å². The molecule has 0 unspecified atom stereocenters. The fourth-order valence-corrected chi connectivity index (χ4v) is 5.22. The largest absolute Gasteiger partial charge is 0.374 e. The van der Waals surface area contributed by atoms with E-state index in [2.05, 4.69) is 63.1 Å². The first-order valence-electron chi connectivity index (χ1n) is 13.1. The summed E-state index contributed by atoms with van der Waals surface area (Å²) in [6.45, 7) is 8.31. The van der Waals surface area contributed by atoms with E-state index in [1.807, 2.05) is 37.5 Å². The summed E-state index contributed by atoms with van der Waals surface area (Å²) >= 11 is 0. The summed E-state index contributed by atoms with van der Waals surface area (Å²) < 4.78 is 1.71. The molecule has 0 aliphatic carbocycles. The normalized spacial score (nSPS) is 15.2. The van der Waals surface area contributed by atoms with Crippen LogP contribution in [-0.4, -0.2) is 67.8 Å². The first kappa shape index (κ1) is 26.8. The predicted molar refractivity (Wildman–Crippen MR) is 162 cm³/mol. The molecule has 1 aliphatic heterocycles. The van der Waals surface area contributed by atoms with Crippen molar-refractivity contribution >= 4 is 46.9 Å². The second-order valence-electron chi connectivity index (χ2n) is 10.5. The highest BCUT2D eigenvalue weighted by atomic mass is 32.1. The molecule has 0 amide bonds. The number of aromatic amines is 2. The van der Waals surface area contributed by atoms with Gasteiger partial charge in [0, 0.05) is 51.3 Å². The number of hydrogen-bond acceptors (Lipinski definition) is 7. The number of rotatable bonds is 6. The molecule has 0 spiro atoms. The number of piperazine rings is 1. The topological polar surface area (TPSA) is 111 Å². The first-order chi connectivity index (χ1) is 18.4. The summed E-state index contributed by atoms with van der Waals surface area (Å²) in [5, 5.41) is 8.33. The number of fused-ring (bicyclic) bond motifs is 2. The Balaban J connectivity index is 0.00000308. The molecule has 10 nitrogen and oxygen atoms in total. The average Bonchev–Trinajstić information content (AvgIpc) is 3.49. The molecule has 3 N–H and O–H groups in total. The Morgan fingerprint density at radius 3 is 2.51 bits per heavy atom. The van der Waals surface area contributed by atoms with E-state index in [-0.39, 0.29) is 31.0 Å². The van der Waals surface area contributed by atoms with Gasteiger partial charge in [-0.25, -0.2) is 4.98 Å². The number of imidazole rings is 1. The lowest BCUT2D eigenvalue weighted by Gasteiger charge is -2.34. The van der Waals surface area contributed by atoms with Gasteiger partial charge in [0.15, 0.2) is 0 Å². The van der Waals surface area contributed by atoms with Crippen molar-refractivity contribution in [2.24, 2.45) is 13.0 Å². The molecule has 204 valence electrons. The number of anilines is 2. The molecule has 0 radical (unpaired) electrons. The second-order valence-corrected chi connectivity index (χ2v) is 10.5. The molecule has 5 aromatic rings. The summed E-state index contributed by atoms with van der Waals surface area (Å²) in [6.07, 6.45) is 3.61. The van der Waals surface area contributed by atoms with Gasteiger partial charge in [0.2, 0.25) is 0 Å². The van der Waals surface area contributed by atoms with Crippen LogP contribution in [0.2, 0.25) is 0 Å². The molecule has 1 aromatic carbocycles. The highest BCUT2D eigenvalue weighted by molar-refractivity contribution is 7.59. The lowest BCUT2D eigenvalue weighted by atomic mass is 9.99. The van der Waals surface area contributed by atoms with Crippen LogP contribution in [0.15, 0.2) is 53.6 Å². The number of hydrogen-bond donors (Lipinski definition) is 3. The van der Waals surface area contributed by atoms with Crippen molar-refractivity contribution in [2.45, 2.75) is 19.9 Å². The van der Waals surface area contributed by atoms with Crippen molar-refractivity contribution in [3.05, 3.63) is 64.8 Å². The number of aryl methyl sites for hydroxylation is 1. The van der Waals surface area contributed by atoms with Gasteiger partial charge in [-0.2, -0.15) is 18.6 Å². The van der Waals surface area contributed by atoms with Crippen LogP contribution in [0.5, 0.6) is 0 Å². The molecule has 1 atom stereocenters. The van der Waals surface area contributed by atoms with Crippen LogP contribution < -0.4 is 15.8 Å². The van der Waals surface area contributed by atoms with Crippen LogP contribution in [0.1, 0.15) is 25.6 Å². The average molecular weight is 546 g/mol. The van der Waals surface area contributed by atoms with Crippen LogP contribution in [0.3, 0.4) is 0 Å². The van der Waals surface area contributed by atoms with E-state index in [0.717, 1.165) is 48.6 Å². The van der Waals surface area contributed by atoms with Crippen molar-refractivity contribution in [2.75, 3.05) is 43.4 Å². The maximum Gasteiger partial charge on any atom is 0.261 e. The first-order valence-corrected chi connectivity index (χ1v) is 13.1. The fourth-order valence-electron chi connectivity index (χ4n) is 5.22. The lowest BCUT2D eigenvalue weighted by molar-refractivity contribution is 0.313. The number of aromatic nitrogens is 6. The van der Waals surface area contributed by atoms with E-state index in [1.54, 1.807) is 10.9 Å². The molecular weight excluding hydrogens is 510 g/mol. The third kappa shape index (κ3) is 5.11. The molecule has 4 aromatic heterocycles. The van der Waals surface area contributed by atoms with Crippen LogP contribution in [0, 0.1) is 5.92 Å². The molecular formula is C28H35N9OS. The zero-order valence-corrected chi connectivity index (χ0v) is 23.7. The van der Waals surface area contributed by atoms with Gasteiger partial charge in [-0.1, -0.05) is 19.9 Å². The maximum absolute atomic E-state index is 13.6. The molecule has 5 heterocycles. The SMILES string of the molecule is CC(C)[C@H](Nc1c(-c2nc3ccc(N4CCN(C)CC4)cc3[nH]2)c(=O)[nH]c2cn(C)nc12)c1ccccn1.S. The summed E-state index contributed by atoms with van der Waals surface area (Å²) in [4.78, 5) is 34.2. The number of nitrogens with zero attached hydrogens (tertiary/aromatic N) is 6. The number of benzene rings is 1. The van der Waals surface area contributed by atoms with E-state index in [0.29, 0.717) is 28.1 Å². The minimum absolute atomic E-state index is 0. The van der Waals surface area contributed by atoms with Gasteiger partial charge >= 0.3 is 0 Å². The van der Waals surface area contributed by atoms with Gasteiger partial charge in [-0.3, -0.25) is 14.5 Å². The number of likely N-dealkylation sites (N-methyl/N-ethyl adjacent to an activating group) is 1. The van der Waals surface area contributed by atoms with E-state index < -0.39 is 0 Å². The zero-order valence-electron chi connectivity index (χ0n) is 22.7. The quantitative estimate of drug-likeness (QED) is 0.297. The Bertz CT molecular complexity index is 1650.